The molecule has 5 aliphatic rings. The minimum Gasteiger partial charge on any atom is -0.456 e. The van der Waals surface area contributed by atoms with Crippen LogP contribution in [0.25, 0.3) is 0 Å². The Hall–Kier alpha value is -5.57. The molecule has 1 saturated heterocycles. The summed E-state index contributed by atoms with van der Waals surface area (Å²) in [6.45, 7) is 26.5. The van der Waals surface area contributed by atoms with Crippen molar-refractivity contribution in [1.82, 2.24) is 5.32 Å². The molecule has 2 heterocycles. The summed E-state index contributed by atoms with van der Waals surface area (Å²) in [7, 11) is -5.82. The molecule has 2 N–H and O–H groups in total. The van der Waals surface area contributed by atoms with E-state index in [4.69, 9.17) is 32.5 Å². The highest BCUT2D eigenvalue weighted by molar-refractivity contribution is 6.77. The first-order valence-corrected chi connectivity index (χ1v) is 33.8. The summed E-state index contributed by atoms with van der Waals surface area (Å²) in [6.07, 6.45) is -5.69. The van der Waals surface area contributed by atoms with Gasteiger partial charge in [0.05, 0.1) is 35.6 Å². The van der Waals surface area contributed by atoms with Gasteiger partial charge in [0.25, 0.3) is 5.91 Å². The number of rotatable bonds is 15. The van der Waals surface area contributed by atoms with Gasteiger partial charge in [0.1, 0.15) is 23.9 Å². The number of amides is 1. The van der Waals surface area contributed by atoms with Crippen molar-refractivity contribution in [1.29, 1.82) is 0 Å². The van der Waals surface area contributed by atoms with Crippen molar-refractivity contribution in [2.45, 2.75) is 205 Å². The maximum absolute atomic E-state index is 16.8. The molecule has 4 bridgehead atoms. The average molecular weight is 1150 g/mol. The fourth-order valence-electron chi connectivity index (χ4n) is 14.9. The second kappa shape index (κ2) is 23.6. The van der Waals surface area contributed by atoms with Crippen LogP contribution in [0.2, 0.25) is 34.8 Å². The number of fused-ring (bicyclic) bond motifs is 3. The van der Waals surface area contributed by atoms with Gasteiger partial charge in [-0.15, -0.1) is 0 Å². The highest BCUT2D eigenvalue weighted by Crippen LogP contribution is 2.65. The lowest BCUT2D eigenvalue weighted by molar-refractivity contribution is -0.344. The van der Waals surface area contributed by atoms with Gasteiger partial charge in [-0.05, 0) is 102 Å². The third kappa shape index (κ3) is 10.7. The standard InChI is InChI=1S/C64H85NO14Si2/c1-15-80(16-2,17-3)78-48-35-49-63(37-73-49)55-57(76-59(70)45-30-22-19-23-31-45)64(72)36-47(41(10)51(61(64,12)13)53(74-42(11)66)56(68)62(48,55)14)75-60(71)54(79-81(38(4)5,39(6)7)40(8)9)52(65-58(69)44-28-20-18-21-29-44)46-33-25-24-27-43(46)32-26-34-50(67)77-63/h18-31,33-34,38-40,47-49,52-55,57,72H,15-17,32,35-37H2,1-14H3,(H,65,69)/b34-26-/t47-,48-,49+,52-,53+,54+,55-,57-,62+,63-,64+/m0/s1. The number of ketones is 1. The summed E-state index contributed by atoms with van der Waals surface area (Å²) >= 11 is 0. The summed E-state index contributed by atoms with van der Waals surface area (Å²) in [5, 5.41) is 17.9. The van der Waals surface area contributed by atoms with E-state index in [1.807, 2.05) is 24.3 Å². The van der Waals surface area contributed by atoms with Crippen LogP contribution in [-0.4, -0.2) is 112 Å². The van der Waals surface area contributed by atoms with E-state index in [9.17, 15) is 19.5 Å². The highest BCUT2D eigenvalue weighted by atomic mass is 28.4. The molecule has 15 nitrogen and oxygen atoms in total. The van der Waals surface area contributed by atoms with E-state index in [2.05, 4.69) is 67.6 Å². The first-order valence-electron chi connectivity index (χ1n) is 29.1. The zero-order valence-electron chi connectivity index (χ0n) is 49.8. The van der Waals surface area contributed by atoms with Gasteiger partial charge in [-0.25, -0.2) is 14.4 Å². The lowest BCUT2D eigenvalue weighted by atomic mass is 9.44. The Kier molecular flexibility index (Phi) is 17.9. The number of aliphatic hydroxyl groups is 1. The Morgan fingerprint density at radius 3 is 1.93 bits per heavy atom. The molecule has 0 unspecified atom stereocenters. The smallest absolute Gasteiger partial charge is 0.338 e. The molecule has 1 amide bonds. The molecule has 11 atom stereocenters. The van der Waals surface area contributed by atoms with E-state index in [-0.39, 0.29) is 47.2 Å². The second-order valence-corrected chi connectivity index (χ2v) is 35.0. The molecule has 3 aromatic carbocycles. The SMILES string of the molecule is CC[Si](CC)(CC)O[C@H]1C[C@H]2OC[C@]23OC(=O)/C=C\Cc2ccccc2[C@H](NC(=O)c2ccccc2)[C@@H](O[Si](C(C)C)(C(C)C)C(C)C)C(=O)O[C@H]2C[C@@]4(O)[C@@H](OC(=O)c5ccccc5)[C@H]3[C@]1(C)C(=O)[C@H](OC(C)=O)C(=C2C)C4(C)C. The molecular weight excluding hydrogens is 1060 g/mol. The Bertz CT molecular complexity index is 2890. The quantitative estimate of drug-likeness (QED) is 0.0630. The Morgan fingerprint density at radius 1 is 0.790 bits per heavy atom. The van der Waals surface area contributed by atoms with Crippen LogP contribution in [0, 0.1) is 16.7 Å². The fraction of sp³-hybridized carbons (Fsp3) is 0.562. The molecule has 3 aromatic rings. The maximum Gasteiger partial charge on any atom is 0.338 e. The first kappa shape index (κ1) is 61.5. The van der Waals surface area contributed by atoms with E-state index in [0.29, 0.717) is 40.4 Å². The lowest BCUT2D eigenvalue weighted by Gasteiger charge is -2.68. The van der Waals surface area contributed by atoms with Crippen LogP contribution in [0.5, 0.6) is 0 Å². The van der Waals surface area contributed by atoms with Gasteiger partial charge in [0, 0.05) is 36.8 Å². The molecular formula is C64H85NO14Si2. The molecule has 81 heavy (non-hydrogen) atoms. The number of nitrogens with one attached hydrogen (secondary N) is 1. The van der Waals surface area contributed by atoms with Crippen LogP contribution >= 0.6 is 0 Å². The van der Waals surface area contributed by atoms with Crippen LogP contribution in [-0.2, 0) is 58.1 Å². The van der Waals surface area contributed by atoms with Crippen LogP contribution in [0.3, 0.4) is 0 Å². The Balaban J connectivity index is 1.47. The number of Topliss-reactive ketones (excluding diaryl/α,β-unsaturated/α-hetero) is 1. The summed E-state index contributed by atoms with van der Waals surface area (Å²) in [5.41, 5.74) is -5.69. The number of ether oxygens (including phenoxy) is 5. The van der Waals surface area contributed by atoms with Gasteiger partial charge >= 0.3 is 23.9 Å². The van der Waals surface area contributed by atoms with E-state index in [1.165, 1.54) is 13.0 Å². The summed E-state index contributed by atoms with van der Waals surface area (Å²) in [5.74, 6) is -5.90. The Morgan fingerprint density at radius 2 is 1.37 bits per heavy atom. The first-order chi connectivity index (χ1) is 38.2. The zero-order valence-corrected chi connectivity index (χ0v) is 51.8. The van der Waals surface area contributed by atoms with Crippen LogP contribution < -0.4 is 5.32 Å². The van der Waals surface area contributed by atoms with Crippen molar-refractivity contribution < 1.29 is 66.4 Å². The van der Waals surface area contributed by atoms with Crippen molar-refractivity contribution in [2.75, 3.05) is 6.61 Å². The van der Waals surface area contributed by atoms with Crippen molar-refractivity contribution in [3.05, 3.63) is 130 Å². The molecule has 0 radical (unpaired) electrons. The summed E-state index contributed by atoms with van der Waals surface area (Å²) in [6, 6.07) is 25.1. The van der Waals surface area contributed by atoms with Crippen molar-refractivity contribution in [2.24, 2.45) is 16.7 Å². The molecule has 17 heteroatoms. The van der Waals surface area contributed by atoms with E-state index in [0.717, 1.165) is 0 Å². The minimum absolute atomic E-state index is 0.0599. The summed E-state index contributed by atoms with van der Waals surface area (Å²) < 4.78 is 48.5. The fourth-order valence-corrected chi connectivity index (χ4v) is 23.4. The monoisotopic (exact) mass is 1150 g/mol. The number of benzene rings is 3. The maximum atomic E-state index is 16.8. The van der Waals surface area contributed by atoms with Crippen LogP contribution in [0.1, 0.15) is 148 Å². The van der Waals surface area contributed by atoms with Gasteiger partial charge < -0.3 is 43.0 Å². The number of esters is 4. The normalized spacial score (nSPS) is 30.7. The molecule has 8 rings (SSSR count). The number of hydrogen-bond donors (Lipinski definition) is 2. The zero-order chi connectivity index (χ0) is 59.2. The second-order valence-electron chi connectivity index (χ2n) is 24.8. The van der Waals surface area contributed by atoms with Crippen LogP contribution in [0.15, 0.2) is 108 Å². The number of hydrogen-bond acceptors (Lipinski definition) is 14. The van der Waals surface area contributed by atoms with E-state index in [1.54, 1.807) is 94.4 Å². The molecule has 2 aliphatic heterocycles. The minimum atomic E-state index is -3.13. The molecule has 3 aliphatic carbocycles. The predicted octanol–water partition coefficient (Wildman–Crippen LogP) is 11.1. The predicted molar refractivity (Wildman–Crippen MR) is 311 cm³/mol. The molecule has 3 fully saturated rings. The molecule has 0 aromatic heterocycles. The third-order valence-electron chi connectivity index (χ3n) is 19.6. The largest absolute Gasteiger partial charge is 0.456 e. The van der Waals surface area contributed by atoms with Gasteiger partial charge in [-0.1, -0.05) is 143 Å². The number of carbonyl (C=O) groups is 6. The topological polar surface area (TPSA) is 199 Å². The lowest BCUT2D eigenvalue weighted by Crippen LogP contribution is -2.82. The summed E-state index contributed by atoms with van der Waals surface area (Å²) in [4.78, 5) is 91.7. The third-order valence-corrected chi connectivity index (χ3v) is 30.3. The van der Waals surface area contributed by atoms with E-state index >= 15 is 14.4 Å². The van der Waals surface area contributed by atoms with Gasteiger partial charge in [-0.2, -0.15) is 0 Å². The molecule has 2 saturated carbocycles. The highest BCUT2D eigenvalue weighted by Gasteiger charge is 2.79. The van der Waals surface area contributed by atoms with Gasteiger partial charge in [0.15, 0.2) is 31.9 Å². The van der Waals surface area contributed by atoms with Crippen molar-refractivity contribution >= 4 is 52.2 Å². The van der Waals surface area contributed by atoms with E-state index < -0.39 is 129 Å². The van der Waals surface area contributed by atoms with Crippen molar-refractivity contribution in [3.63, 3.8) is 0 Å². The molecule has 1 spiro atoms. The number of allylic oxidation sites excluding steroid dienone is 1. The van der Waals surface area contributed by atoms with Gasteiger partial charge in [0.2, 0.25) is 8.32 Å². The number of carbonyl (C=O) groups excluding carboxylic acids is 6. The van der Waals surface area contributed by atoms with Gasteiger partial charge in [-0.3, -0.25) is 14.4 Å². The van der Waals surface area contributed by atoms with Crippen molar-refractivity contribution in [3.8, 4) is 0 Å². The van der Waals surface area contributed by atoms with Crippen LogP contribution in [0.4, 0.5) is 0 Å². The molecule has 438 valence electrons. The average Bonchev–Trinajstić information content (AvgIpc) is 0.893. The Labute approximate surface area is 480 Å².